The molecular weight excluding hydrogens is 174 g/mol. The highest BCUT2D eigenvalue weighted by Gasteiger charge is 2.34. The van der Waals surface area contributed by atoms with Crippen molar-refractivity contribution >= 4 is 0 Å². The summed E-state index contributed by atoms with van der Waals surface area (Å²) in [7, 11) is 0. The van der Waals surface area contributed by atoms with E-state index in [1.165, 1.54) is 12.0 Å². The first kappa shape index (κ1) is 9.53. The second kappa shape index (κ2) is 3.62. The lowest BCUT2D eigenvalue weighted by molar-refractivity contribution is 0.160. The molecule has 2 rings (SSSR count). The molecular formula is C12H17NO. The van der Waals surface area contributed by atoms with Gasteiger partial charge in [-0.15, -0.1) is 0 Å². The second-order valence-corrected chi connectivity index (χ2v) is 4.30. The molecule has 0 spiro atoms. The highest BCUT2D eigenvalue weighted by atomic mass is 16.3. The number of aromatic hydroxyl groups is 1. The van der Waals surface area contributed by atoms with E-state index in [0.29, 0.717) is 11.2 Å². The Labute approximate surface area is 85.0 Å². The van der Waals surface area contributed by atoms with Gasteiger partial charge in [-0.05, 0) is 36.0 Å². The summed E-state index contributed by atoms with van der Waals surface area (Å²) in [5.41, 5.74) is 1.79. The van der Waals surface area contributed by atoms with Gasteiger partial charge in [-0.1, -0.05) is 19.1 Å². The Balaban J connectivity index is 2.06. The average Bonchev–Trinajstić information content (AvgIpc) is 2.15. The lowest BCUT2D eigenvalue weighted by atomic mass is 9.74. The predicted octanol–water partition coefficient (Wildman–Crippen LogP) is 1.93. The van der Waals surface area contributed by atoms with Gasteiger partial charge in [0.1, 0.15) is 5.75 Å². The highest BCUT2D eigenvalue weighted by Crippen LogP contribution is 2.31. The topological polar surface area (TPSA) is 32.3 Å². The molecule has 2 nitrogen and oxygen atoms in total. The van der Waals surface area contributed by atoms with E-state index in [2.05, 4.69) is 12.2 Å². The maximum atomic E-state index is 9.17. The molecule has 1 heterocycles. The summed E-state index contributed by atoms with van der Waals surface area (Å²) in [5.74, 6) is 0.353. The molecule has 2 N–H and O–H groups in total. The Morgan fingerprint density at radius 3 is 2.36 bits per heavy atom. The third-order valence-corrected chi connectivity index (χ3v) is 3.27. The third-order valence-electron chi connectivity index (χ3n) is 3.27. The summed E-state index contributed by atoms with van der Waals surface area (Å²) in [6.07, 6.45) is 2.34. The summed E-state index contributed by atoms with van der Waals surface area (Å²) in [5, 5.41) is 12.5. The van der Waals surface area contributed by atoms with Crippen molar-refractivity contribution in [3.63, 3.8) is 0 Å². The number of nitrogens with one attached hydrogen (secondary N) is 1. The quantitative estimate of drug-likeness (QED) is 0.765. The number of rotatable bonds is 3. The predicted molar refractivity (Wildman–Crippen MR) is 57.4 cm³/mol. The van der Waals surface area contributed by atoms with Crippen LogP contribution in [0.5, 0.6) is 5.75 Å². The van der Waals surface area contributed by atoms with Crippen LogP contribution in [-0.4, -0.2) is 18.2 Å². The molecule has 0 aromatic heterocycles. The Kier molecular flexibility index (Phi) is 2.46. The van der Waals surface area contributed by atoms with Gasteiger partial charge < -0.3 is 10.4 Å². The van der Waals surface area contributed by atoms with Crippen LogP contribution in [0.4, 0.5) is 0 Å². The van der Waals surface area contributed by atoms with Crippen molar-refractivity contribution in [1.29, 1.82) is 0 Å². The first-order chi connectivity index (χ1) is 6.74. The summed E-state index contributed by atoms with van der Waals surface area (Å²) in [6, 6.07) is 7.58. The molecule has 1 aromatic rings. The lowest BCUT2D eigenvalue weighted by Gasteiger charge is -2.42. The fraction of sp³-hybridized carbons (Fsp3) is 0.500. The maximum Gasteiger partial charge on any atom is 0.115 e. The van der Waals surface area contributed by atoms with Crippen molar-refractivity contribution in [3.8, 4) is 5.75 Å². The van der Waals surface area contributed by atoms with Crippen molar-refractivity contribution in [2.45, 2.75) is 19.8 Å². The van der Waals surface area contributed by atoms with E-state index in [4.69, 9.17) is 0 Å². The van der Waals surface area contributed by atoms with Crippen molar-refractivity contribution in [2.24, 2.45) is 5.41 Å². The number of benzene rings is 1. The molecule has 1 aliphatic rings. The summed E-state index contributed by atoms with van der Waals surface area (Å²) in [6.45, 7) is 4.51. The van der Waals surface area contributed by atoms with Crippen molar-refractivity contribution in [2.75, 3.05) is 13.1 Å². The average molecular weight is 191 g/mol. The van der Waals surface area contributed by atoms with Crippen molar-refractivity contribution in [1.82, 2.24) is 5.32 Å². The fourth-order valence-electron chi connectivity index (χ4n) is 2.03. The van der Waals surface area contributed by atoms with E-state index in [0.717, 1.165) is 19.5 Å². The summed E-state index contributed by atoms with van der Waals surface area (Å²) in [4.78, 5) is 0. The standard InChI is InChI=1S/C12H17NO/c1-2-12(8-13-9-12)7-10-3-5-11(14)6-4-10/h3-6,13-14H,2,7-9H2,1H3. The SMILES string of the molecule is CCC1(Cc2ccc(O)cc2)CNC1. The van der Waals surface area contributed by atoms with Crippen LogP contribution in [0.2, 0.25) is 0 Å². The zero-order valence-corrected chi connectivity index (χ0v) is 8.59. The van der Waals surface area contributed by atoms with E-state index < -0.39 is 0 Å². The number of phenols is 1. The Hall–Kier alpha value is -1.02. The molecule has 76 valence electrons. The van der Waals surface area contributed by atoms with Crippen LogP contribution in [0.1, 0.15) is 18.9 Å². The van der Waals surface area contributed by atoms with Crippen LogP contribution < -0.4 is 5.32 Å². The zero-order chi connectivity index (χ0) is 10.0. The smallest absolute Gasteiger partial charge is 0.115 e. The summed E-state index contributed by atoms with van der Waals surface area (Å²) < 4.78 is 0. The Morgan fingerprint density at radius 1 is 1.29 bits per heavy atom. The highest BCUT2D eigenvalue weighted by molar-refractivity contribution is 5.27. The van der Waals surface area contributed by atoms with Crippen LogP contribution in [0.25, 0.3) is 0 Å². The molecule has 14 heavy (non-hydrogen) atoms. The van der Waals surface area contributed by atoms with Crippen LogP contribution >= 0.6 is 0 Å². The number of hydrogen-bond donors (Lipinski definition) is 2. The normalized spacial score (nSPS) is 18.9. The largest absolute Gasteiger partial charge is 0.508 e. The van der Waals surface area contributed by atoms with Crippen LogP contribution in [0.3, 0.4) is 0 Å². The molecule has 0 bridgehead atoms. The van der Waals surface area contributed by atoms with Gasteiger partial charge in [0.2, 0.25) is 0 Å². The molecule has 0 saturated carbocycles. The van der Waals surface area contributed by atoms with Gasteiger partial charge in [-0.25, -0.2) is 0 Å². The minimum Gasteiger partial charge on any atom is -0.508 e. The molecule has 1 fully saturated rings. The minimum atomic E-state index is 0.353. The number of hydrogen-bond acceptors (Lipinski definition) is 2. The lowest BCUT2D eigenvalue weighted by Crippen LogP contribution is -2.54. The molecule has 0 atom stereocenters. The van der Waals surface area contributed by atoms with E-state index in [-0.39, 0.29) is 0 Å². The van der Waals surface area contributed by atoms with Gasteiger partial charge in [0.25, 0.3) is 0 Å². The van der Waals surface area contributed by atoms with Gasteiger partial charge in [-0.3, -0.25) is 0 Å². The maximum absolute atomic E-state index is 9.17. The molecule has 1 aromatic carbocycles. The van der Waals surface area contributed by atoms with Crippen LogP contribution in [-0.2, 0) is 6.42 Å². The van der Waals surface area contributed by atoms with E-state index in [1.807, 2.05) is 12.1 Å². The molecule has 1 saturated heterocycles. The summed E-state index contributed by atoms with van der Waals surface area (Å²) >= 11 is 0. The van der Waals surface area contributed by atoms with E-state index in [1.54, 1.807) is 12.1 Å². The number of phenolic OH excluding ortho intramolecular Hbond substituents is 1. The van der Waals surface area contributed by atoms with Gasteiger partial charge >= 0.3 is 0 Å². The molecule has 0 amide bonds. The van der Waals surface area contributed by atoms with Crippen molar-refractivity contribution < 1.29 is 5.11 Å². The van der Waals surface area contributed by atoms with Gasteiger partial charge in [-0.2, -0.15) is 0 Å². The monoisotopic (exact) mass is 191 g/mol. The van der Waals surface area contributed by atoms with Crippen LogP contribution in [0.15, 0.2) is 24.3 Å². The zero-order valence-electron chi connectivity index (χ0n) is 8.59. The van der Waals surface area contributed by atoms with Gasteiger partial charge in [0.05, 0.1) is 0 Å². The fourth-order valence-corrected chi connectivity index (χ4v) is 2.03. The molecule has 0 radical (unpaired) electrons. The van der Waals surface area contributed by atoms with Gasteiger partial charge in [0, 0.05) is 13.1 Å². The molecule has 0 unspecified atom stereocenters. The van der Waals surface area contributed by atoms with Crippen LogP contribution in [0, 0.1) is 5.41 Å². The van der Waals surface area contributed by atoms with Gasteiger partial charge in [0.15, 0.2) is 0 Å². The first-order valence-corrected chi connectivity index (χ1v) is 5.23. The molecule has 2 heteroatoms. The molecule has 0 aliphatic carbocycles. The Bertz CT molecular complexity index is 295. The van der Waals surface area contributed by atoms with E-state index in [9.17, 15) is 5.11 Å². The van der Waals surface area contributed by atoms with E-state index >= 15 is 0 Å². The third kappa shape index (κ3) is 1.75. The second-order valence-electron chi connectivity index (χ2n) is 4.30. The molecule has 1 aliphatic heterocycles. The minimum absolute atomic E-state index is 0.353. The van der Waals surface area contributed by atoms with Crippen molar-refractivity contribution in [3.05, 3.63) is 29.8 Å². The first-order valence-electron chi connectivity index (χ1n) is 5.23. The Morgan fingerprint density at radius 2 is 1.93 bits per heavy atom.